The van der Waals surface area contributed by atoms with E-state index in [1.807, 2.05) is 0 Å². The second-order valence-corrected chi connectivity index (χ2v) is 7.76. The summed E-state index contributed by atoms with van der Waals surface area (Å²) in [7, 11) is 0. The van der Waals surface area contributed by atoms with Gasteiger partial charge in [-0.15, -0.1) is 0 Å². The van der Waals surface area contributed by atoms with Crippen molar-refractivity contribution >= 4 is 11.6 Å². The molecule has 1 N–H and O–H groups in total. The van der Waals surface area contributed by atoms with Gasteiger partial charge in [-0.25, -0.2) is 9.50 Å². The van der Waals surface area contributed by atoms with Gasteiger partial charge in [0.05, 0.1) is 23.0 Å². The van der Waals surface area contributed by atoms with E-state index in [2.05, 4.69) is 29.2 Å². The van der Waals surface area contributed by atoms with E-state index < -0.39 is 11.7 Å². The number of fused-ring (bicyclic) bond motifs is 1. The van der Waals surface area contributed by atoms with Gasteiger partial charge in [-0.05, 0) is 37.0 Å². The number of rotatable bonds is 8. The summed E-state index contributed by atoms with van der Waals surface area (Å²) in [4.78, 5) is 17.1. The molecular formula is C23H27F3N4O. The van der Waals surface area contributed by atoms with E-state index in [9.17, 15) is 18.0 Å². The summed E-state index contributed by atoms with van der Waals surface area (Å²) in [5.41, 5.74) is 1.51. The first-order valence-corrected chi connectivity index (χ1v) is 10.5. The summed E-state index contributed by atoms with van der Waals surface area (Å²) < 4.78 is 40.7. The number of nitrogens with one attached hydrogen (secondary N) is 1. The van der Waals surface area contributed by atoms with Crippen LogP contribution in [0.1, 0.15) is 61.1 Å². The zero-order chi connectivity index (χ0) is 22.6. The fraction of sp³-hybridized carbons (Fsp3) is 0.435. The number of hydrogen-bond acceptors (Lipinski definition) is 3. The van der Waals surface area contributed by atoms with Crippen LogP contribution in [-0.2, 0) is 6.18 Å². The molecule has 1 atom stereocenters. The van der Waals surface area contributed by atoms with Gasteiger partial charge < -0.3 is 5.32 Å². The highest BCUT2D eigenvalue weighted by molar-refractivity contribution is 5.95. The van der Waals surface area contributed by atoms with Gasteiger partial charge in [0.1, 0.15) is 0 Å². The van der Waals surface area contributed by atoms with Crippen molar-refractivity contribution in [1.82, 2.24) is 19.9 Å². The van der Waals surface area contributed by atoms with Crippen LogP contribution >= 0.6 is 0 Å². The zero-order valence-electron chi connectivity index (χ0n) is 18.0. The molecule has 0 saturated heterocycles. The fourth-order valence-corrected chi connectivity index (χ4v) is 3.61. The number of unbranched alkanes of at least 4 members (excludes halogenated alkanes) is 1. The van der Waals surface area contributed by atoms with Gasteiger partial charge in [-0.3, -0.25) is 4.79 Å². The summed E-state index contributed by atoms with van der Waals surface area (Å²) in [5.74, 6) is 0.205. The molecule has 0 aliphatic rings. The van der Waals surface area contributed by atoms with E-state index in [-0.39, 0.29) is 5.91 Å². The second-order valence-electron chi connectivity index (χ2n) is 7.76. The van der Waals surface area contributed by atoms with Crippen molar-refractivity contribution < 1.29 is 18.0 Å². The Kier molecular flexibility index (Phi) is 6.97. The summed E-state index contributed by atoms with van der Waals surface area (Å²) in [6.45, 7) is 6.61. The number of carbonyl (C=O) groups is 1. The SMILES string of the molecule is CCCC[C@@H](CC)CNC(=O)c1cnc2c(-c3cccc(C(F)(F)F)c3)cnn2c1C. The van der Waals surface area contributed by atoms with Crippen LogP contribution in [0, 0.1) is 12.8 Å². The highest BCUT2D eigenvalue weighted by atomic mass is 19.4. The minimum atomic E-state index is -4.43. The number of nitrogens with zero attached hydrogens (tertiary/aromatic N) is 3. The Bertz CT molecular complexity index is 1060. The average molecular weight is 432 g/mol. The zero-order valence-corrected chi connectivity index (χ0v) is 18.0. The monoisotopic (exact) mass is 432 g/mol. The first-order chi connectivity index (χ1) is 14.8. The highest BCUT2D eigenvalue weighted by Gasteiger charge is 2.30. The number of carbonyl (C=O) groups excluding carboxylic acids is 1. The molecule has 2 aromatic heterocycles. The maximum absolute atomic E-state index is 13.1. The molecule has 2 heterocycles. The van der Waals surface area contributed by atoms with Gasteiger partial charge >= 0.3 is 6.18 Å². The van der Waals surface area contributed by atoms with E-state index in [0.29, 0.717) is 40.5 Å². The van der Waals surface area contributed by atoms with Crippen LogP contribution in [0.15, 0.2) is 36.7 Å². The smallest absolute Gasteiger partial charge is 0.352 e. The third-order valence-corrected chi connectivity index (χ3v) is 5.61. The van der Waals surface area contributed by atoms with E-state index >= 15 is 0 Å². The number of halogens is 3. The fourth-order valence-electron chi connectivity index (χ4n) is 3.61. The minimum absolute atomic E-state index is 0.224. The molecule has 5 nitrogen and oxygen atoms in total. The van der Waals surface area contributed by atoms with Crippen LogP contribution in [0.5, 0.6) is 0 Å². The second kappa shape index (κ2) is 9.49. The summed E-state index contributed by atoms with van der Waals surface area (Å²) in [6, 6.07) is 5.06. The van der Waals surface area contributed by atoms with Gasteiger partial charge in [-0.2, -0.15) is 18.3 Å². The lowest BCUT2D eigenvalue weighted by Gasteiger charge is -2.16. The van der Waals surface area contributed by atoms with Crippen LogP contribution in [0.25, 0.3) is 16.8 Å². The largest absolute Gasteiger partial charge is 0.416 e. The summed E-state index contributed by atoms with van der Waals surface area (Å²) >= 11 is 0. The molecule has 1 aromatic carbocycles. The molecular weight excluding hydrogens is 405 g/mol. The third-order valence-electron chi connectivity index (χ3n) is 5.61. The standard InChI is InChI=1S/C23H27F3N4O/c1-4-6-8-16(5-2)12-28-22(31)19-13-27-21-20(14-29-30(21)15(19)3)17-9-7-10-18(11-17)23(24,25)26/h7,9-11,13-14,16H,4-6,8,12H2,1-3H3,(H,28,31)/t16-/m1/s1. The number of amides is 1. The lowest BCUT2D eigenvalue weighted by molar-refractivity contribution is -0.137. The first-order valence-electron chi connectivity index (χ1n) is 10.5. The lowest BCUT2D eigenvalue weighted by Crippen LogP contribution is -2.30. The van der Waals surface area contributed by atoms with Crippen LogP contribution < -0.4 is 5.32 Å². The normalized spacial score (nSPS) is 12.8. The molecule has 0 saturated carbocycles. The Morgan fingerprint density at radius 1 is 1.23 bits per heavy atom. The van der Waals surface area contributed by atoms with Crippen LogP contribution in [0.4, 0.5) is 13.2 Å². The number of hydrogen-bond donors (Lipinski definition) is 1. The van der Waals surface area contributed by atoms with Crippen molar-refractivity contribution in [2.24, 2.45) is 5.92 Å². The van der Waals surface area contributed by atoms with Gasteiger partial charge in [0.15, 0.2) is 5.65 Å². The van der Waals surface area contributed by atoms with E-state index in [1.165, 1.54) is 23.0 Å². The lowest BCUT2D eigenvalue weighted by atomic mass is 9.99. The maximum Gasteiger partial charge on any atom is 0.416 e. The van der Waals surface area contributed by atoms with E-state index in [0.717, 1.165) is 37.8 Å². The number of aryl methyl sites for hydroxylation is 1. The molecule has 0 unspecified atom stereocenters. The number of aromatic nitrogens is 3. The van der Waals surface area contributed by atoms with Crippen molar-refractivity contribution in [1.29, 1.82) is 0 Å². The van der Waals surface area contributed by atoms with Gasteiger partial charge in [-0.1, -0.05) is 45.2 Å². The van der Waals surface area contributed by atoms with Crippen molar-refractivity contribution in [2.45, 2.75) is 52.6 Å². The maximum atomic E-state index is 13.1. The van der Waals surface area contributed by atoms with Crippen LogP contribution in [-0.4, -0.2) is 27.0 Å². The Labute approximate surface area is 179 Å². The molecule has 1 amide bonds. The molecule has 8 heteroatoms. The molecule has 0 spiro atoms. The molecule has 0 bridgehead atoms. The Balaban J connectivity index is 1.85. The molecule has 0 fully saturated rings. The molecule has 0 aliphatic heterocycles. The quantitative estimate of drug-likeness (QED) is 0.499. The molecule has 3 rings (SSSR count). The van der Waals surface area contributed by atoms with Crippen molar-refractivity contribution in [2.75, 3.05) is 6.54 Å². The third kappa shape index (κ3) is 5.06. The minimum Gasteiger partial charge on any atom is -0.352 e. The van der Waals surface area contributed by atoms with Crippen molar-refractivity contribution in [3.8, 4) is 11.1 Å². The Morgan fingerprint density at radius 2 is 2.00 bits per heavy atom. The topological polar surface area (TPSA) is 59.3 Å². The summed E-state index contributed by atoms with van der Waals surface area (Å²) in [6.07, 6.45) is 2.83. The summed E-state index contributed by atoms with van der Waals surface area (Å²) in [5, 5.41) is 7.26. The first kappa shape index (κ1) is 22.8. The predicted octanol–water partition coefficient (Wildman–Crippen LogP) is 5.67. The van der Waals surface area contributed by atoms with E-state index in [1.54, 1.807) is 13.0 Å². The Morgan fingerprint density at radius 3 is 2.68 bits per heavy atom. The molecule has 0 aliphatic carbocycles. The van der Waals surface area contributed by atoms with Crippen LogP contribution in [0.2, 0.25) is 0 Å². The molecule has 166 valence electrons. The van der Waals surface area contributed by atoms with Crippen molar-refractivity contribution in [3.05, 3.63) is 53.5 Å². The Hall–Kier alpha value is -2.90. The molecule has 0 radical (unpaired) electrons. The van der Waals surface area contributed by atoms with Gasteiger partial charge in [0.2, 0.25) is 0 Å². The van der Waals surface area contributed by atoms with Crippen LogP contribution in [0.3, 0.4) is 0 Å². The number of benzene rings is 1. The molecule has 3 aromatic rings. The highest BCUT2D eigenvalue weighted by Crippen LogP contribution is 2.33. The average Bonchev–Trinajstić information content (AvgIpc) is 3.18. The van der Waals surface area contributed by atoms with Gasteiger partial charge in [0.25, 0.3) is 5.91 Å². The van der Waals surface area contributed by atoms with Gasteiger partial charge in [0, 0.05) is 18.3 Å². The predicted molar refractivity (Wildman–Crippen MR) is 114 cm³/mol. The van der Waals surface area contributed by atoms with Crippen molar-refractivity contribution in [3.63, 3.8) is 0 Å². The molecule has 31 heavy (non-hydrogen) atoms. The van der Waals surface area contributed by atoms with E-state index in [4.69, 9.17) is 0 Å². The number of alkyl halides is 3.